The van der Waals surface area contributed by atoms with Crippen LogP contribution in [0.2, 0.25) is 0 Å². The fourth-order valence-electron chi connectivity index (χ4n) is 2.43. The van der Waals surface area contributed by atoms with Crippen LogP contribution in [0.25, 0.3) is 0 Å². The van der Waals surface area contributed by atoms with Crippen molar-refractivity contribution in [2.24, 2.45) is 0 Å². The van der Waals surface area contributed by atoms with E-state index in [0.717, 1.165) is 44.3 Å². The van der Waals surface area contributed by atoms with Gasteiger partial charge < -0.3 is 14.6 Å². The second kappa shape index (κ2) is 7.12. The topological polar surface area (TPSA) is 62.6 Å². The van der Waals surface area contributed by atoms with Crippen LogP contribution >= 0.6 is 0 Å². The Labute approximate surface area is 119 Å². The molecule has 1 saturated heterocycles. The molecular weight excluding hydrogens is 256 g/mol. The molecule has 1 aromatic rings. The average Bonchev–Trinajstić information content (AvgIpc) is 2.75. The Morgan fingerprint density at radius 1 is 1.40 bits per heavy atom. The van der Waals surface area contributed by atoms with Gasteiger partial charge in [0.1, 0.15) is 0 Å². The normalized spacial score (nSPS) is 16.1. The van der Waals surface area contributed by atoms with Crippen molar-refractivity contribution in [1.82, 2.24) is 10.2 Å². The van der Waals surface area contributed by atoms with Crippen LogP contribution in [0.3, 0.4) is 0 Å². The summed E-state index contributed by atoms with van der Waals surface area (Å²) in [5, 5.41) is 2.83. The first kappa shape index (κ1) is 14.6. The first-order chi connectivity index (χ1) is 9.68. The number of rotatable bonds is 5. The first-order valence-corrected chi connectivity index (χ1v) is 7.28. The van der Waals surface area contributed by atoms with Gasteiger partial charge in [-0.3, -0.25) is 9.59 Å². The van der Waals surface area contributed by atoms with E-state index in [9.17, 15) is 9.59 Å². The van der Waals surface area contributed by atoms with Gasteiger partial charge in [0.05, 0.1) is 6.26 Å². The highest BCUT2D eigenvalue weighted by Gasteiger charge is 2.16. The van der Waals surface area contributed by atoms with Gasteiger partial charge in [-0.15, -0.1) is 0 Å². The van der Waals surface area contributed by atoms with Crippen molar-refractivity contribution < 1.29 is 14.0 Å². The summed E-state index contributed by atoms with van der Waals surface area (Å²) < 4.78 is 5.13. The van der Waals surface area contributed by atoms with Gasteiger partial charge in [0.2, 0.25) is 5.91 Å². The number of likely N-dealkylation sites (tertiary alicyclic amines) is 1. The highest BCUT2D eigenvalue weighted by molar-refractivity contribution is 5.92. The lowest BCUT2D eigenvalue weighted by Crippen LogP contribution is -2.34. The molecule has 110 valence electrons. The van der Waals surface area contributed by atoms with Gasteiger partial charge in [0, 0.05) is 31.6 Å². The molecule has 0 bridgehead atoms. The third kappa shape index (κ3) is 3.85. The summed E-state index contributed by atoms with van der Waals surface area (Å²) in [7, 11) is 0. The molecule has 2 rings (SSSR count). The molecule has 5 nitrogen and oxygen atoms in total. The van der Waals surface area contributed by atoms with Gasteiger partial charge in [0.15, 0.2) is 5.76 Å². The zero-order chi connectivity index (χ0) is 14.4. The molecule has 0 aliphatic carbocycles. The Morgan fingerprint density at radius 2 is 2.25 bits per heavy atom. The fourth-order valence-corrected chi connectivity index (χ4v) is 2.43. The van der Waals surface area contributed by atoms with Gasteiger partial charge in [-0.25, -0.2) is 0 Å². The van der Waals surface area contributed by atoms with Gasteiger partial charge in [-0.2, -0.15) is 0 Å². The van der Waals surface area contributed by atoms with E-state index in [1.165, 1.54) is 6.26 Å². The number of carbonyl (C=O) groups excluding carboxylic acids is 2. The van der Waals surface area contributed by atoms with E-state index in [0.29, 0.717) is 18.7 Å². The minimum atomic E-state index is -0.185. The van der Waals surface area contributed by atoms with Crippen LogP contribution in [-0.2, 0) is 4.79 Å². The Bertz CT molecular complexity index is 467. The lowest BCUT2D eigenvalue weighted by Gasteiger charge is -2.20. The molecule has 1 aliphatic rings. The van der Waals surface area contributed by atoms with Gasteiger partial charge >= 0.3 is 0 Å². The summed E-state index contributed by atoms with van der Waals surface area (Å²) in [6.45, 7) is 3.97. The molecule has 1 fully saturated rings. The summed E-state index contributed by atoms with van der Waals surface area (Å²) in [6.07, 6.45) is 6.18. The van der Waals surface area contributed by atoms with Crippen molar-refractivity contribution in [3.63, 3.8) is 0 Å². The molecule has 0 aromatic carbocycles. The predicted octanol–water partition coefficient (Wildman–Crippen LogP) is 2.11. The van der Waals surface area contributed by atoms with E-state index >= 15 is 0 Å². The molecule has 1 aromatic heterocycles. The number of aryl methyl sites for hydroxylation is 1. The maximum atomic E-state index is 11.8. The molecule has 20 heavy (non-hydrogen) atoms. The molecule has 1 N–H and O–H groups in total. The van der Waals surface area contributed by atoms with Crippen molar-refractivity contribution in [2.45, 2.75) is 39.0 Å². The van der Waals surface area contributed by atoms with E-state index in [-0.39, 0.29) is 11.8 Å². The lowest BCUT2D eigenvalue weighted by atomic mass is 10.2. The summed E-state index contributed by atoms with van der Waals surface area (Å²) in [5.74, 6) is 0.432. The van der Waals surface area contributed by atoms with E-state index < -0.39 is 0 Å². The van der Waals surface area contributed by atoms with Crippen molar-refractivity contribution in [2.75, 3.05) is 19.6 Å². The van der Waals surface area contributed by atoms with E-state index in [2.05, 4.69) is 5.32 Å². The lowest BCUT2D eigenvalue weighted by molar-refractivity contribution is -0.130. The van der Waals surface area contributed by atoms with Crippen molar-refractivity contribution in [3.05, 3.63) is 23.7 Å². The summed E-state index contributed by atoms with van der Waals surface area (Å²) in [5.41, 5.74) is 0.838. The minimum Gasteiger partial charge on any atom is -0.459 e. The molecule has 0 saturated carbocycles. The number of hydrogen-bond acceptors (Lipinski definition) is 3. The average molecular weight is 278 g/mol. The molecule has 2 heterocycles. The zero-order valence-corrected chi connectivity index (χ0v) is 12.0. The fraction of sp³-hybridized carbons (Fsp3) is 0.600. The number of amides is 2. The molecule has 0 unspecified atom stereocenters. The molecule has 1 aliphatic heterocycles. The number of hydrogen-bond donors (Lipinski definition) is 1. The van der Waals surface area contributed by atoms with Crippen LogP contribution in [0.5, 0.6) is 0 Å². The number of nitrogens with one attached hydrogen (secondary N) is 1. The molecule has 5 heteroatoms. The monoisotopic (exact) mass is 278 g/mol. The highest BCUT2D eigenvalue weighted by atomic mass is 16.3. The van der Waals surface area contributed by atoms with E-state index in [4.69, 9.17) is 4.42 Å². The number of furan rings is 1. The van der Waals surface area contributed by atoms with Crippen molar-refractivity contribution in [1.29, 1.82) is 0 Å². The summed E-state index contributed by atoms with van der Waals surface area (Å²) >= 11 is 0. The SMILES string of the molecule is Cc1ccoc1C(=O)NCCCN1CCCCCC1=O. The highest BCUT2D eigenvalue weighted by Crippen LogP contribution is 2.11. The minimum absolute atomic E-state index is 0.185. The number of carbonyl (C=O) groups is 2. The Balaban J connectivity index is 1.69. The zero-order valence-electron chi connectivity index (χ0n) is 12.0. The van der Waals surface area contributed by atoms with Crippen LogP contribution in [0.15, 0.2) is 16.7 Å². The maximum Gasteiger partial charge on any atom is 0.287 e. The van der Waals surface area contributed by atoms with E-state index in [1.807, 2.05) is 11.8 Å². The predicted molar refractivity (Wildman–Crippen MR) is 75.4 cm³/mol. The van der Waals surface area contributed by atoms with Crippen LogP contribution in [-0.4, -0.2) is 36.3 Å². The van der Waals surface area contributed by atoms with E-state index in [1.54, 1.807) is 6.07 Å². The summed E-state index contributed by atoms with van der Waals surface area (Å²) in [4.78, 5) is 25.5. The van der Waals surface area contributed by atoms with Crippen LogP contribution < -0.4 is 5.32 Å². The van der Waals surface area contributed by atoms with Crippen molar-refractivity contribution in [3.8, 4) is 0 Å². The smallest absolute Gasteiger partial charge is 0.287 e. The molecule has 0 spiro atoms. The quantitative estimate of drug-likeness (QED) is 0.839. The molecule has 0 radical (unpaired) electrons. The second-order valence-electron chi connectivity index (χ2n) is 5.23. The Kier molecular flexibility index (Phi) is 5.21. The standard InChI is InChI=1S/C15H22N2O3/c1-12-7-11-20-14(12)15(19)16-8-5-10-17-9-4-2-3-6-13(17)18/h7,11H,2-6,8-10H2,1H3,(H,16,19). The first-order valence-electron chi connectivity index (χ1n) is 7.28. The van der Waals surface area contributed by atoms with Crippen LogP contribution in [0.1, 0.15) is 48.2 Å². The molecule has 0 atom stereocenters. The molecular formula is C15H22N2O3. The van der Waals surface area contributed by atoms with Crippen LogP contribution in [0, 0.1) is 6.92 Å². The van der Waals surface area contributed by atoms with Gasteiger partial charge in [-0.05, 0) is 32.3 Å². The maximum absolute atomic E-state index is 11.8. The summed E-state index contributed by atoms with van der Waals surface area (Å²) in [6, 6.07) is 1.77. The second-order valence-corrected chi connectivity index (χ2v) is 5.23. The van der Waals surface area contributed by atoms with Gasteiger partial charge in [0.25, 0.3) is 5.91 Å². The Hall–Kier alpha value is -1.78. The van der Waals surface area contributed by atoms with Gasteiger partial charge in [-0.1, -0.05) is 6.42 Å². The molecule has 2 amide bonds. The van der Waals surface area contributed by atoms with Crippen LogP contribution in [0.4, 0.5) is 0 Å². The third-order valence-electron chi connectivity index (χ3n) is 3.63. The number of nitrogens with zero attached hydrogens (tertiary/aromatic N) is 1. The largest absolute Gasteiger partial charge is 0.459 e. The Morgan fingerprint density at radius 3 is 3.00 bits per heavy atom. The third-order valence-corrected chi connectivity index (χ3v) is 3.63. The van der Waals surface area contributed by atoms with Crippen molar-refractivity contribution >= 4 is 11.8 Å².